The summed E-state index contributed by atoms with van der Waals surface area (Å²) in [6.07, 6.45) is 4.38. The van der Waals surface area contributed by atoms with Crippen molar-refractivity contribution in [2.75, 3.05) is 18.8 Å². The maximum atomic E-state index is 10.8. The lowest BCUT2D eigenvalue weighted by atomic mass is 10.1. The Hall–Kier alpha value is 0.200. The van der Waals surface area contributed by atoms with Gasteiger partial charge in [-0.25, -0.2) is 8.42 Å². The summed E-state index contributed by atoms with van der Waals surface area (Å²) in [4.78, 5) is 2.42. The topological polar surface area (TPSA) is 37.4 Å². The van der Waals surface area contributed by atoms with Crippen LogP contribution in [0.15, 0.2) is 0 Å². The first-order valence-electron chi connectivity index (χ1n) is 6.05. The molecule has 96 valence electrons. The molecular formula is C11H22ClNO2S. The smallest absolute Gasteiger partial charge is 0.232 e. The fraction of sp³-hybridized carbons (Fsp3) is 1.00. The van der Waals surface area contributed by atoms with Gasteiger partial charge in [-0.05, 0) is 44.7 Å². The van der Waals surface area contributed by atoms with E-state index < -0.39 is 9.05 Å². The van der Waals surface area contributed by atoms with Crippen LogP contribution in [0, 0.1) is 5.92 Å². The van der Waals surface area contributed by atoms with Crippen LogP contribution in [0.2, 0.25) is 0 Å². The van der Waals surface area contributed by atoms with E-state index in [0.717, 1.165) is 13.1 Å². The fourth-order valence-corrected chi connectivity index (χ4v) is 2.58. The number of halogens is 1. The minimum absolute atomic E-state index is 0.0967. The maximum absolute atomic E-state index is 10.8. The minimum Gasteiger partial charge on any atom is -0.300 e. The van der Waals surface area contributed by atoms with Crippen molar-refractivity contribution in [2.45, 2.75) is 45.6 Å². The van der Waals surface area contributed by atoms with Crippen LogP contribution in [0.3, 0.4) is 0 Å². The van der Waals surface area contributed by atoms with E-state index in [1.807, 2.05) is 0 Å². The lowest BCUT2D eigenvalue weighted by Crippen LogP contribution is -2.30. The molecule has 0 atom stereocenters. The Morgan fingerprint density at radius 2 is 1.94 bits per heavy atom. The molecular weight excluding hydrogens is 246 g/mol. The zero-order valence-corrected chi connectivity index (χ0v) is 11.7. The van der Waals surface area contributed by atoms with Crippen molar-refractivity contribution >= 4 is 19.7 Å². The van der Waals surface area contributed by atoms with Gasteiger partial charge in [0.15, 0.2) is 0 Å². The molecule has 1 aliphatic carbocycles. The van der Waals surface area contributed by atoms with Crippen molar-refractivity contribution in [3.63, 3.8) is 0 Å². The third kappa shape index (κ3) is 6.71. The molecule has 1 fully saturated rings. The summed E-state index contributed by atoms with van der Waals surface area (Å²) in [6, 6.07) is 0.705. The van der Waals surface area contributed by atoms with Crippen molar-refractivity contribution in [3.8, 4) is 0 Å². The summed E-state index contributed by atoms with van der Waals surface area (Å²) < 4.78 is 21.6. The summed E-state index contributed by atoms with van der Waals surface area (Å²) in [6.45, 7) is 6.39. The molecule has 1 rings (SSSR count). The molecule has 0 radical (unpaired) electrons. The van der Waals surface area contributed by atoms with Gasteiger partial charge >= 0.3 is 0 Å². The molecule has 5 heteroatoms. The second-order valence-corrected chi connectivity index (χ2v) is 7.94. The van der Waals surface area contributed by atoms with E-state index in [9.17, 15) is 8.42 Å². The molecule has 0 heterocycles. The van der Waals surface area contributed by atoms with Gasteiger partial charge in [0.2, 0.25) is 9.05 Å². The van der Waals surface area contributed by atoms with Gasteiger partial charge in [-0.3, -0.25) is 0 Å². The first-order chi connectivity index (χ1) is 7.38. The van der Waals surface area contributed by atoms with Gasteiger partial charge in [0.25, 0.3) is 0 Å². The Morgan fingerprint density at radius 3 is 2.38 bits per heavy atom. The summed E-state index contributed by atoms with van der Waals surface area (Å²) in [7, 11) is 1.88. The Labute approximate surface area is 104 Å². The van der Waals surface area contributed by atoms with Crippen molar-refractivity contribution in [1.82, 2.24) is 4.90 Å². The Bertz CT molecular complexity index is 299. The minimum atomic E-state index is -3.31. The molecule has 0 amide bonds. The molecule has 0 aromatic carbocycles. The van der Waals surface area contributed by atoms with Gasteiger partial charge in [0.05, 0.1) is 5.75 Å². The number of nitrogens with zero attached hydrogens (tertiary/aromatic N) is 1. The molecule has 16 heavy (non-hydrogen) atoms. The molecule has 3 nitrogen and oxygen atoms in total. The number of rotatable bonds is 8. The highest BCUT2D eigenvalue weighted by molar-refractivity contribution is 8.13. The van der Waals surface area contributed by atoms with Gasteiger partial charge in [-0.1, -0.05) is 13.8 Å². The predicted octanol–water partition coefficient (Wildman–Crippen LogP) is 2.46. The third-order valence-electron chi connectivity index (χ3n) is 2.89. The quantitative estimate of drug-likeness (QED) is 0.634. The summed E-state index contributed by atoms with van der Waals surface area (Å²) in [5, 5.41) is 0. The highest BCUT2D eigenvalue weighted by atomic mass is 35.7. The monoisotopic (exact) mass is 267 g/mol. The molecule has 0 saturated heterocycles. The molecule has 0 unspecified atom stereocenters. The lowest BCUT2D eigenvalue weighted by Gasteiger charge is -2.22. The second kappa shape index (κ2) is 6.22. The zero-order chi connectivity index (χ0) is 12.2. The Morgan fingerprint density at radius 1 is 1.31 bits per heavy atom. The lowest BCUT2D eigenvalue weighted by molar-refractivity contribution is 0.248. The van der Waals surface area contributed by atoms with Crippen molar-refractivity contribution in [2.24, 2.45) is 5.92 Å². The van der Waals surface area contributed by atoms with Crippen molar-refractivity contribution in [3.05, 3.63) is 0 Å². The van der Waals surface area contributed by atoms with Crippen LogP contribution in [0.25, 0.3) is 0 Å². The normalized spacial score (nSPS) is 17.3. The number of hydrogen-bond acceptors (Lipinski definition) is 3. The Balaban J connectivity index is 2.23. The van der Waals surface area contributed by atoms with Gasteiger partial charge in [-0.15, -0.1) is 0 Å². The van der Waals surface area contributed by atoms with E-state index in [1.165, 1.54) is 19.3 Å². The molecule has 0 aromatic rings. The molecule has 0 N–H and O–H groups in total. The van der Waals surface area contributed by atoms with Crippen LogP contribution < -0.4 is 0 Å². The highest BCUT2D eigenvalue weighted by Gasteiger charge is 2.28. The van der Waals surface area contributed by atoms with Crippen LogP contribution in [0.1, 0.15) is 39.5 Å². The third-order valence-corrected chi connectivity index (χ3v) is 4.13. The fourth-order valence-electron chi connectivity index (χ4n) is 1.78. The Kier molecular flexibility index (Phi) is 5.54. The summed E-state index contributed by atoms with van der Waals surface area (Å²) >= 11 is 0. The van der Waals surface area contributed by atoms with Gasteiger partial charge in [-0.2, -0.15) is 0 Å². The first kappa shape index (κ1) is 14.3. The molecule has 0 bridgehead atoms. The van der Waals surface area contributed by atoms with Gasteiger partial charge in [0.1, 0.15) is 0 Å². The van der Waals surface area contributed by atoms with Gasteiger partial charge < -0.3 is 4.90 Å². The molecule has 1 aliphatic rings. The number of hydrogen-bond donors (Lipinski definition) is 0. The van der Waals surface area contributed by atoms with Crippen LogP contribution in [0.5, 0.6) is 0 Å². The van der Waals surface area contributed by atoms with E-state index >= 15 is 0 Å². The summed E-state index contributed by atoms with van der Waals surface area (Å²) in [5.41, 5.74) is 0. The van der Waals surface area contributed by atoms with Crippen LogP contribution in [0.4, 0.5) is 0 Å². The van der Waals surface area contributed by atoms with Crippen molar-refractivity contribution in [1.29, 1.82) is 0 Å². The molecule has 1 saturated carbocycles. The zero-order valence-electron chi connectivity index (χ0n) is 10.2. The van der Waals surface area contributed by atoms with Gasteiger partial charge in [0, 0.05) is 16.7 Å². The second-order valence-electron chi connectivity index (χ2n) is 5.05. The van der Waals surface area contributed by atoms with Crippen molar-refractivity contribution < 1.29 is 8.42 Å². The highest BCUT2D eigenvalue weighted by Crippen LogP contribution is 2.27. The average Bonchev–Trinajstić information content (AvgIpc) is 2.91. The van der Waals surface area contributed by atoms with E-state index in [4.69, 9.17) is 10.7 Å². The largest absolute Gasteiger partial charge is 0.300 e. The predicted molar refractivity (Wildman–Crippen MR) is 68.3 cm³/mol. The van der Waals surface area contributed by atoms with Crippen LogP contribution in [-0.4, -0.2) is 38.2 Å². The molecule has 0 aliphatic heterocycles. The van der Waals surface area contributed by atoms with E-state index in [0.29, 0.717) is 18.4 Å². The van der Waals surface area contributed by atoms with E-state index in [2.05, 4.69) is 18.7 Å². The molecule has 0 spiro atoms. The van der Waals surface area contributed by atoms with Crippen LogP contribution in [-0.2, 0) is 9.05 Å². The standard InChI is InChI=1S/C11H22ClNO2S/c1-10(2)6-8-13(11-4-5-11)7-3-9-16(12,14)15/h10-11H,3-9H2,1-2H3. The summed E-state index contributed by atoms with van der Waals surface area (Å²) in [5.74, 6) is 0.803. The SMILES string of the molecule is CC(C)CCN(CCCS(=O)(=O)Cl)C1CC1. The van der Waals surface area contributed by atoms with E-state index in [-0.39, 0.29) is 5.75 Å². The van der Waals surface area contributed by atoms with E-state index in [1.54, 1.807) is 0 Å². The first-order valence-corrected chi connectivity index (χ1v) is 8.52. The maximum Gasteiger partial charge on any atom is 0.232 e. The molecule has 0 aromatic heterocycles. The van der Waals surface area contributed by atoms with Crippen LogP contribution >= 0.6 is 10.7 Å². The average molecular weight is 268 g/mol.